The molecule has 3 rings (SSSR count). The van der Waals surface area contributed by atoms with E-state index < -0.39 is 0 Å². The Balaban J connectivity index is 1.86. The highest BCUT2D eigenvalue weighted by Gasteiger charge is 2.22. The molecule has 1 aliphatic rings. The molecule has 0 aliphatic carbocycles. The third kappa shape index (κ3) is 2.55. The highest BCUT2D eigenvalue weighted by Crippen LogP contribution is 2.29. The summed E-state index contributed by atoms with van der Waals surface area (Å²) in [5, 5.41) is 3.49. The van der Waals surface area contributed by atoms with Crippen molar-refractivity contribution in [2.75, 3.05) is 18.5 Å². The number of fused-ring (bicyclic) bond motifs is 1. The van der Waals surface area contributed by atoms with Crippen molar-refractivity contribution < 1.29 is 4.74 Å². The van der Waals surface area contributed by atoms with Gasteiger partial charge in [-0.1, -0.05) is 0 Å². The summed E-state index contributed by atoms with van der Waals surface area (Å²) < 4.78 is 6.36. The highest BCUT2D eigenvalue weighted by atomic mass is 79.9. The third-order valence-corrected chi connectivity index (χ3v) is 4.31. The van der Waals surface area contributed by atoms with Crippen molar-refractivity contribution in [1.82, 2.24) is 9.97 Å². The van der Waals surface area contributed by atoms with Crippen LogP contribution in [-0.2, 0) is 4.74 Å². The molecule has 0 bridgehead atoms. The third-order valence-electron chi connectivity index (χ3n) is 3.66. The molecule has 5 nitrogen and oxygen atoms in total. The number of halogens is 1. The van der Waals surface area contributed by atoms with Crippen molar-refractivity contribution >= 4 is 32.7 Å². The molecule has 2 aromatic rings. The minimum absolute atomic E-state index is 0.184. The maximum Gasteiger partial charge on any atom is 0.323 e. The first-order valence-corrected chi connectivity index (χ1v) is 7.18. The second-order valence-corrected chi connectivity index (χ2v) is 5.87. The number of rotatable bonds is 3. The van der Waals surface area contributed by atoms with Crippen LogP contribution in [0.15, 0.2) is 21.4 Å². The van der Waals surface area contributed by atoms with Crippen LogP contribution in [0.3, 0.4) is 0 Å². The van der Waals surface area contributed by atoms with Gasteiger partial charge in [0.2, 0.25) is 0 Å². The highest BCUT2D eigenvalue weighted by molar-refractivity contribution is 9.10. The predicted molar refractivity (Wildman–Crippen MR) is 78.6 cm³/mol. The van der Waals surface area contributed by atoms with Gasteiger partial charge in [-0.3, -0.25) is 0 Å². The first kappa shape index (κ1) is 12.7. The van der Waals surface area contributed by atoms with Crippen LogP contribution in [0.25, 0.3) is 11.0 Å². The van der Waals surface area contributed by atoms with E-state index in [4.69, 9.17) is 4.74 Å². The number of hydrogen-bond acceptors (Lipinski definition) is 3. The van der Waals surface area contributed by atoms with Crippen LogP contribution in [0.4, 0.5) is 5.69 Å². The summed E-state index contributed by atoms with van der Waals surface area (Å²) >= 11 is 3.53. The van der Waals surface area contributed by atoms with Gasteiger partial charge in [-0.05, 0) is 41.4 Å². The first-order valence-electron chi connectivity index (χ1n) is 6.39. The zero-order valence-electron chi connectivity index (χ0n) is 10.6. The molecule has 6 heteroatoms. The molecule has 1 aromatic carbocycles. The lowest BCUT2D eigenvalue weighted by Gasteiger charge is -2.21. The minimum Gasteiger partial charge on any atom is -0.381 e. The lowest BCUT2D eigenvalue weighted by atomic mass is 10.0. The average molecular weight is 326 g/mol. The molecule has 0 spiro atoms. The fourth-order valence-corrected chi connectivity index (χ4v) is 2.93. The summed E-state index contributed by atoms with van der Waals surface area (Å²) in [6.45, 7) is 3.83. The van der Waals surface area contributed by atoms with Gasteiger partial charge in [0.05, 0.1) is 23.3 Å². The standard InChI is InChI=1S/C13H16BrN3O2/c1-7(8-2-3-19-6-8)15-10-5-12-11(4-9(10)14)16-13(18)17-12/h4-5,7-8,15H,2-3,6H2,1H3,(H2,16,17,18). The van der Waals surface area contributed by atoms with E-state index in [2.05, 4.69) is 38.1 Å². The largest absolute Gasteiger partial charge is 0.381 e. The molecule has 2 heterocycles. The molecule has 1 fully saturated rings. The molecule has 2 unspecified atom stereocenters. The predicted octanol–water partition coefficient (Wildman–Crippen LogP) is 2.46. The molecular formula is C13H16BrN3O2. The van der Waals surface area contributed by atoms with Crippen molar-refractivity contribution in [1.29, 1.82) is 0 Å². The Kier molecular flexibility index (Phi) is 3.36. The number of anilines is 1. The van der Waals surface area contributed by atoms with Crippen LogP contribution in [0.1, 0.15) is 13.3 Å². The van der Waals surface area contributed by atoms with Crippen LogP contribution in [0.2, 0.25) is 0 Å². The summed E-state index contributed by atoms with van der Waals surface area (Å²) in [5.41, 5.74) is 2.42. The van der Waals surface area contributed by atoms with Gasteiger partial charge >= 0.3 is 5.69 Å². The number of benzene rings is 1. The second-order valence-electron chi connectivity index (χ2n) is 5.01. The lowest BCUT2D eigenvalue weighted by Crippen LogP contribution is -2.26. The minimum atomic E-state index is -0.184. The first-order chi connectivity index (χ1) is 9.13. The normalized spacial score (nSPS) is 20.8. The SMILES string of the molecule is CC(Nc1cc2[nH]c(=O)[nH]c2cc1Br)C1CCOC1. The van der Waals surface area contributed by atoms with E-state index in [0.29, 0.717) is 12.0 Å². The number of imidazole rings is 1. The quantitative estimate of drug-likeness (QED) is 0.811. The molecular weight excluding hydrogens is 310 g/mol. The Morgan fingerprint density at radius 2 is 2.16 bits per heavy atom. The van der Waals surface area contributed by atoms with E-state index in [1.165, 1.54) is 0 Å². The molecule has 0 radical (unpaired) electrons. The van der Waals surface area contributed by atoms with Crippen LogP contribution in [-0.4, -0.2) is 29.2 Å². The van der Waals surface area contributed by atoms with Gasteiger partial charge in [0.25, 0.3) is 0 Å². The zero-order valence-corrected chi connectivity index (χ0v) is 12.2. The number of H-pyrrole nitrogens is 2. The topological polar surface area (TPSA) is 69.9 Å². The van der Waals surface area contributed by atoms with E-state index in [1.807, 2.05) is 12.1 Å². The number of ether oxygens (including phenoxy) is 1. The average Bonchev–Trinajstić information content (AvgIpc) is 2.97. The Hall–Kier alpha value is -1.27. The van der Waals surface area contributed by atoms with Gasteiger partial charge in [-0.25, -0.2) is 4.79 Å². The van der Waals surface area contributed by atoms with Crippen LogP contribution >= 0.6 is 15.9 Å². The van der Waals surface area contributed by atoms with E-state index in [0.717, 1.165) is 40.8 Å². The molecule has 102 valence electrons. The molecule has 1 aliphatic heterocycles. The second kappa shape index (κ2) is 5.02. The van der Waals surface area contributed by atoms with Crippen molar-refractivity contribution in [2.45, 2.75) is 19.4 Å². The van der Waals surface area contributed by atoms with Gasteiger partial charge in [0.15, 0.2) is 0 Å². The van der Waals surface area contributed by atoms with E-state index in [1.54, 1.807) is 0 Å². The number of nitrogens with one attached hydrogen (secondary N) is 3. The van der Waals surface area contributed by atoms with E-state index in [9.17, 15) is 4.79 Å². The van der Waals surface area contributed by atoms with E-state index in [-0.39, 0.29) is 5.69 Å². The zero-order chi connectivity index (χ0) is 13.4. The molecule has 1 saturated heterocycles. The van der Waals surface area contributed by atoms with Crippen LogP contribution in [0, 0.1) is 5.92 Å². The molecule has 1 aromatic heterocycles. The fourth-order valence-electron chi connectivity index (χ4n) is 2.48. The van der Waals surface area contributed by atoms with Gasteiger partial charge in [0, 0.05) is 23.0 Å². The van der Waals surface area contributed by atoms with Crippen molar-refractivity contribution in [3.63, 3.8) is 0 Å². The maximum absolute atomic E-state index is 11.3. The molecule has 0 saturated carbocycles. The Bertz CT molecular complexity index is 643. The van der Waals surface area contributed by atoms with Gasteiger partial charge in [-0.2, -0.15) is 0 Å². The summed E-state index contributed by atoms with van der Waals surface area (Å²) in [6.07, 6.45) is 1.09. The molecule has 0 amide bonds. The fraction of sp³-hybridized carbons (Fsp3) is 0.462. The molecule has 19 heavy (non-hydrogen) atoms. The van der Waals surface area contributed by atoms with Crippen LogP contribution < -0.4 is 11.0 Å². The lowest BCUT2D eigenvalue weighted by molar-refractivity contribution is 0.183. The number of hydrogen-bond donors (Lipinski definition) is 3. The van der Waals surface area contributed by atoms with Crippen molar-refractivity contribution in [3.05, 3.63) is 27.1 Å². The molecule has 2 atom stereocenters. The summed E-state index contributed by atoms with van der Waals surface area (Å²) in [7, 11) is 0. The monoisotopic (exact) mass is 325 g/mol. The maximum atomic E-state index is 11.3. The van der Waals surface area contributed by atoms with Gasteiger partial charge in [-0.15, -0.1) is 0 Å². The van der Waals surface area contributed by atoms with Gasteiger partial charge < -0.3 is 20.0 Å². The Labute approximate surface area is 118 Å². The van der Waals surface area contributed by atoms with E-state index >= 15 is 0 Å². The number of aromatic nitrogens is 2. The number of aromatic amines is 2. The van der Waals surface area contributed by atoms with Crippen molar-refractivity contribution in [2.24, 2.45) is 5.92 Å². The molecule has 3 N–H and O–H groups in total. The summed E-state index contributed by atoms with van der Waals surface area (Å²) in [4.78, 5) is 16.8. The Morgan fingerprint density at radius 3 is 2.84 bits per heavy atom. The summed E-state index contributed by atoms with van der Waals surface area (Å²) in [6, 6.07) is 4.19. The van der Waals surface area contributed by atoms with Crippen molar-refractivity contribution in [3.8, 4) is 0 Å². The Morgan fingerprint density at radius 1 is 1.42 bits per heavy atom. The smallest absolute Gasteiger partial charge is 0.323 e. The van der Waals surface area contributed by atoms with Gasteiger partial charge in [0.1, 0.15) is 0 Å². The summed E-state index contributed by atoms with van der Waals surface area (Å²) in [5.74, 6) is 0.535. The van der Waals surface area contributed by atoms with Crippen LogP contribution in [0.5, 0.6) is 0 Å².